The first kappa shape index (κ1) is 15.3. The quantitative estimate of drug-likeness (QED) is 0.726. The number of piperidine rings is 1. The van der Waals surface area contributed by atoms with Crippen LogP contribution in [-0.4, -0.2) is 73.0 Å². The lowest BCUT2D eigenvalue weighted by Crippen LogP contribution is -2.55. The van der Waals surface area contributed by atoms with Crippen LogP contribution < -0.4 is 10.6 Å². The van der Waals surface area contributed by atoms with Crippen LogP contribution in [-0.2, 0) is 9.59 Å². The van der Waals surface area contributed by atoms with Gasteiger partial charge in [-0.25, -0.2) is 0 Å². The highest BCUT2D eigenvalue weighted by molar-refractivity contribution is 5.81. The first-order chi connectivity index (χ1) is 9.58. The smallest absolute Gasteiger partial charge is 0.239 e. The van der Waals surface area contributed by atoms with E-state index in [2.05, 4.69) is 15.5 Å². The van der Waals surface area contributed by atoms with Gasteiger partial charge < -0.3 is 15.5 Å². The molecule has 0 saturated carbocycles. The van der Waals surface area contributed by atoms with E-state index in [0.29, 0.717) is 0 Å². The summed E-state index contributed by atoms with van der Waals surface area (Å²) in [6, 6.07) is 0.219. The van der Waals surface area contributed by atoms with Crippen molar-refractivity contribution < 1.29 is 9.59 Å². The molecule has 6 heteroatoms. The summed E-state index contributed by atoms with van der Waals surface area (Å²) in [6.45, 7) is 8.73. The molecule has 2 rings (SSSR count). The highest BCUT2D eigenvalue weighted by Gasteiger charge is 2.29. The summed E-state index contributed by atoms with van der Waals surface area (Å²) in [4.78, 5) is 27.7. The zero-order valence-corrected chi connectivity index (χ0v) is 12.5. The van der Waals surface area contributed by atoms with Crippen LogP contribution in [0.3, 0.4) is 0 Å². The van der Waals surface area contributed by atoms with E-state index >= 15 is 0 Å². The zero-order chi connectivity index (χ0) is 14.5. The van der Waals surface area contributed by atoms with Crippen molar-refractivity contribution in [2.24, 2.45) is 0 Å². The van der Waals surface area contributed by atoms with E-state index in [-0.39, 0.29) is 23.9 Å². The average molecular weight is 282 g/mol. The fourth-order valence-electron chi connectivity index (χ4n) is 3.02. The number of hydrogen-bond donors (Lipinski definition) is 2. The molecule has 1 atom stereocenters. The van der Waals surface area contributed by atoms with Crippen LogP contribution in [0.15, 0.2) is 0 Å². The molecule has 2 heterocycles. The Morgan fingerprint density at radius 3 is 2.30 bits per heavy atom. The van der Waals surface area contributed by atoms with Gasteiger partial charge in [-0.15, -0.1) is 0 Å². The van der Waals surface area contributed by atoms with Gasteiger partial charge in [-0.3, -0.25) is 14.5 Å². The van der Waals surface area contributed by atoms with Gasteiger partial charge in [-0.1, -0.05) is 0 Å². The number of rotatable bonds is 3. The minimum absolute atomic E-state index is 0.0355. The number of carbonyl (C=O) groups excluding carboxylic acids is 2. The Kier molecular flexibility index (Phi) is 5.37. The van der Waals surface area contributed by atoms with Crippen molar-refractivity contribution in [1.82, 2.24) is 20.4 Å². The van der Waals surface area contributed by atoms with Gasteiger partial charge in [0.15, 0.2) is 0 Å². The summed E-state index contributed by atoms with van der Waals surface area (Å²) in [5.74, 6) is 0.276. The lowest BCUT2D eigenvalue weighted by atomic mass is 10.0. The van der Waals surface area contributed by atoms with Crippen LogP contribution in [0, 0.1) is 0 Å². The van der Waals surface area contributed by atoms with Crippen molar-refractivity contribution in [3.05, 3.63) is 0 Å². The lowest BCUT2D eigenvalue weighted by molar-refractivity contribution is -0.137. The maximum absolute atomic E-state index is 12.4. The fraction of sp³-hybridized carbons (Fsp3) is 0.857. The van der Waals surface area contributed by atoms with Crippen molar-refractivity contribution in [2.75, 3.05) is 39.3 Å². The largest absolute Gasteiger partial charge is 0.354 e. The highest BCUT2D eigenvalue weighted by atomic mass is 16.2. The van der Waals surface area contributed by atoms with E-state index in [9.17, 15) is 9.59 Å². The molecule has 2 fully saturated rings. The van der Waals surface area contributed by atoms with Gasteiger partial charge in [0.05, 0.1) is 6.04 Å². The van der Waals surface area contributed by atoms with Crippen LogP contribution in [0.2, 0.25) is 0 Å². The minimum atomic E-state index is -0.0496. The summed E-state index contributed by atoms with van der Waals surface area (Å²) < 4.78 is 0. The van der Waals surface area contributed by atoms with Crippen molar-refractivity contribution in [3.8, 4) is 0 Å². The molecule has 1 unspecified atom stereocenters. The number of nitrogens with zero attached hydrogens (tertiary/aromatic N) is 2. The van der Waals surface area contributed by atoms with Crippen molar-refractivity contribution in [1.29, 1.82) is 0 Å². The van der Waals surface area contributed by atoms with E-state index < -0.39 is 0 Å². The molecular weight excluding hydrogens is 256 g/mol. The molecule has 2 N–H and O–H groups in total. The van der Waals surface area contributed by atoms with Crippen LogP contribution >= 0.6 is 0 Å². The Labute approximate surface area is 120 Å². The molecule has 20 heavy (non-hydrogen) atoms. The summed E-state index contributed by atoms with van der Waals surface area (Å²) in [5, 5.41) is 6.23. The monoisotopic (exact) mass is 282 g/mol. The van der Waals surface area contributed by atoms with Crippen LogP contribution in [0.1, 0.15) is 26.7 Å². The van der Waals surface area contributed by atoms with Crippen molar-refractivity contribution in [2.45, 2.75) is 38.8 Å². The second-order valence-electron chi connectivity index (χ2n) is 5.76. The van der Waals surface area contributed by atoms with Gasteiger partial charge in [0.25, 0.3) is 0 Å². The molecule has 0 spiro atoms. The Bertz CT molecular complexity index is 347. The Hall–Kier alpha value is -1.14. The van der Waals surface area contributed by atoms with Gasteiger partial charge in [-0.05, 0) is 19.8 Å². The number of amides is 2. The Morgan fingerprint density at radius 1 is 1.15 bits per heavy atom. The number of nitrogens with one attached hydrogen (secondary N) is 2. The highest BCUT2D eigenvalue weighted by Crippen LogP contribution is 2.15. The molecule has 2 saturated heterocycles. The molecular formula is C14H26N4O2. The molecule has 2 aliphatic rings. The third-order valence-electron chi connectivity index (χ3n) is 4.27. The lowest BCUT2D eigenvalue weighted by Gasteiger charge is -2.38. The SMILES string of the molecule is CC(=O)NC1CCN(C(C)C(=O)N2CCNCC2)CC1. The van der Waals surface area contributed by atoms with Crippen LogP contribution in [0.25, 0.3) is 0 Å². The zero-order valence-electron chi connectivity index (χ0n) is 12.5. The van der Waals surface area contributed by atoms with E-state index in [0.717, 1.165) is 52.1 Å². The number of piperazine rings is 1. The predicted octanol–water partition coefficient (Wildman–Crippen LogP) is -0.593. The average Bonchev–Trinajstić information content (AvgIpc) is 2.47. The molecule has 0 aromatic heterocycles. The number of likely N-dealkylation sites (tertiary alicyclic amines) is 1. The van der Waals surface area contributed by atoms with E-state index in [4.69, 9.17) is 0 Å². The molecule has 6 nitrogen and oxygen atoms in total. The van der Waals surface area contributed by atoms with Crippen LogP contribution in [0.4, 0.5) is 0 Å². The second-order valence-corrected chi connectivity index (χ2v) is 5.76. The first-order valence-electron chi connectivity index (χ1n) is 7.58. The first-order valence-corrected chi connectivity index (χ1v) is 7.58. The normalized spacial score (nSPS) is 23.4. The van der Waals surface area contributed by atoms with Gasteiger partial charge in [-0.2, -0.15) is 0 Å². The Morgan fingerprint density at radius 2 is 1.75 bits per heavy atom. The number of hydrogen-bond acceptors (Lipinski definition) is 4. The van der Waals surface area contributed by atoms with Crippen molar-refractivity contribution in [3.63, 3.8) is 0 Å². The maximum Gasteiger partial charge on any atom is 0.239 e. The van der Waals surface area contributed by atoms with Gasteiger partial charge in [0.1, 0.15) is 0 Å². The molecule has 0 aromatic rings. The standard InChI is InChI=1S/C14H26N4O2/c1-11(14(20)18-9-5-15-6-10-18)17-7-3-13(4-8-17)16-12(2)19/h11,13,15H,3-10H2,1-2H3,(H,16,19). The van der Waals surface area contributed by atoms with Gasteiger partial charge >= 0.3 is 0 Å². The van der Waals surface area contributed by atoms with Gasteiger partial charge in [0, 0.05) is 52.2 Å². The Balaban J connectivity index is 1.80. The molecule has 0 aromatic carbocycles. The molecule has 0 aliphatic carbocycles. The van der Waals surface area contributed by atoms with E-state index in [1.54, 1.807) is 6.92 Å². The molecule has 2 amide bonds. The molecule has 0 bridgehead atoms. The van der Waals surface area contributed by atoms with Gasteiger partial charge in [0.2, 0.25) is 11.8 Å². The molecule has 0 radical (unpaired) electrons. The predicted molar refractivity (Wildman–Crippen MR) is 77.3 cm³/mol. The topological polar surface area (TPSA) is 64.7 Å². The van der Waals surface area contributed by atoms with E-state index in [1.807, 2.05) is 11.8 Å². The third-order valence-corrected chi connectivity index (χ3v) is 4.27. The van der Waals surface area contributed by atoms with Crippen LogP contribution in [0.5, 0.6) is 0 Å². The second kappa shape index (κ2) is 7.04. The third kappa shape index (κ3) is 3.93. The summed E-state index contributed by atoms with van der Waals surface area (Å²) in [7, 11) is 0. The summed E-state index contributed by atoms with van der Waals surface area (Å²) >= 11 is 0. The summed E-state index contributed by atoms with van der Waals surface area (Å²) in [6.07, 6.45) is 1.86. The maximum atomic E-state index is 12.4. The molecule has 114 valence electrons. The molecule has 2 aliphatic heterocycles. The minimum Gasteiger partial charge on any atom is -0.354 e. The van der Waals surface area contributed by atoms with Crippen molar-refractivity contribution >= 4 is 11.8 Å². The number of carbonyl (C=O) groups is 2. The summed E-state index contributed by atoms with van der Waals surface area (Å²) in [5.41, 5.74) is 0. The fourth-order valence-corrected chi connectivity index (χ4v) is 3.02. The van der Waals surface area contributed by atoms with E-state index in [1.165, 1.54) is 0 Å².